The Kier molecular flexibility index (Phi) is 4.10. The fraction of sp³-hybridized carbons (Fsp3) is 0.0714. The maximum Gasteiger partial charge on any atom is 0.259 e. The first-order valence-electron chi connectivity index (χ1n) is 5.64. The van der Waals surface area contributed by atoms with Gasteiger partial charge in [0.05, 0.1) is 18.4 Å². The van der Waals surface area contributed by atoms with Gasteiger partial charge in [-0.1, -0.05) is 11.6 Å². The summed E-state index contributed by atoms with van der Waals surface area (Å²) >= 11 is 5.85. The smallest absolute Gasteiger partial charge is 0.259 e. The first kappa shape index (κ1) is 14.1. The van der Waals surface area contributed by atoms with Gasteiger partial charge >= 0.3 is 0 Å². The van der Waals surface area contributed by atoms with Crippen LogP contribution in [0, 0.1) is 5.82 Å². The summed E-state index contributed by atoms with van der Waals surface area (Å²) in [6.07, 6.45) is 0. The predicted molar refractivity (Wildman–Crippen MR) is 74.0 cm³/mol. The summed E-state index contributed by atoms with van der Waals surface area (Å²) in [6, 6.07) is 7.87. The third kappa shape index (κ3) is 3.00. The number of aromatic hydroxyl groups is 1. The number of anilines is 1. The maximum atomic E-state index is 12.9. The zero-order chi connectivity index (χ0) is 14.7. The van der Waals surface area contributed by atoms with Gasteiger partial charge in [0.2, 0.25) is 0 Å². The first-order valence-corrected chi connectivity index (χ1v) is 6.02. The molecule has 2 rings (SSSR count). The van der Waals surface area contributed by atoms with E-state index in [9.17, 15) is 14.3 Å². The van der Waals surface area contributed by atoms with Crippen LogP contribution < -0.4 is 10.1 Å². The molecule has 1 amide bonds. The van der Waals surface area contributed by atoms with Crippen molar-refractivity contribution in [2.24, 2.45) is 0 Å². The molecule has 2 N–H and O–H groups in total. The standard InChI is InChI=1S/C14H11ClFNO3/c1-20-13-5-2-8(15)6-11(13)17-14(19)10-4-3-9(16)7-12(10)18/h2-7,18H,1H3,(H,17,19). The Hall–Kier alpha value is -2.27. The second-order valence-corrected chi connectivity index (χ2v) is 4.40. The molecule has 0 spiro atoms. The summed E-state index contributed by atoms with van der Waals surface area (Å²) in [5.74, 6) is -1.24. The van der Waals surface area contributed by atoms with Crippen LogP contribution >= 0.6 is 11.6 Å². The second-order valence-electron chi connectivity index (χ2n) is 3.96. The molecular weight excluding hydrogens is 285 g/mol. The van der Waals surface area contributed by atoms with Gasteiger partial charge in [0, 0.05) is 11.1 Å². The number of hydrogen-bond donors (Lipinski definition) is 2. The van der Waals surface area contributed by atoms with Crippen LogP contribution in [0.15, 0.2) is 36.4 Å². The van der Waals surface area contributed by atoms with Crippen LogP contribution in [0.2, 0.25) is 5.02 Å². The van der Waals surface area contributed by atoms with E-state index in [0.29, 0.717) is 16.5 Å². The van der Waals surface area contributed by atoms with Crippen LogP contribution in [0.3, 0.4) is 0 Å². The number of hydrogen-bond acceptors (Lipinski definition) is 3. The van der Waals surface area contributed by atoms with Crippen molar-refractivity contribution in [3.63, 3.8) is 0 Å². The molecule has 0 saturated heterocycles. The zero-order valence-electron chi connectivity index (χ0n) is 10.5. The number of nitrogens with one attached hydrogen (secondary N) is 1. The SMILES string of the molecule is COc1ccc(Cl)cc1NC(=O)c1ccc(F)cc1O. The molecule has 104 valence electrons. The topological polar surface area (TPSA) is 58.6 Å². The highest BCUT2D eigenvalue weighted by Crippen LogP contribution is 2.29. The molecule has 0 aliphatic carbocycles. The molecule has 2 aromatic rings. The van der Waals surface area contributed by atoms with Gasteiger partial charge in [0.1, 0.15) is 17.3 Å². The van der Waals surface area contributed by atoms with Gasteiger partial charge in [-0.25, -0.2) is 4.39 Å². The molecule has 0 saturated carbocycles. The number of halogens is 2. The monoisotopic (exact) mass is 295 g/mol. The van der Waals surface area contributed by atoms with E-state index in [4.69, 9.17) is 16.3 Å². The van der Waals surface area contributed by atoms with Crippen molar-refractivity contribution in [1.29, 1.82) is 0 Å². The Morgan fingerprint density at radius 1 is 1.30 bits per heavy atom. The molecule has 0 bridgehead atoms. The van der Waals surface area contributed by atoms with Crippen LogP contribution in [-0.2, 0) is 0 Å². The molecule has 0 fully saturated rings. The quantitative estimate of drug-likeness (QED) is 0.912. The highest BCUT2D eigenvalue weighted by atomic mass is 35.5. The molecule has 4 nitrogen and oxygen atoms in total. The molecule has 0 aliphatic heterocycles. The van der Waals surface area contributed by atoms with Gasteiger partial charge in [-0.2, -0.15) is 0 Å². The van der Waals surface area contributed by atoms with E-state index in [0.717, 1.165) is 12.1 Å². The van der Waals surface area contributed by atoms with Crippen molar-refractivity contribution >= 4 is 23.2 Å². The first-order chi connectivity index (χ1) is 9.51. The van der Waals surface area contributed by atoms with Crippen LogP contribution in [0.5, 0.6) is 11.5 Å². The van der Waals surface area contributed by atoms with Crippen LogP contribution in [0.25, 0.3) is 0 Å². The minimum Gasteiger partial charge on any atom is -0.507 e. The van der Waals surface area contributed by atoms with E-state index in [1.54, 1.807) is 12.1 Å². The summed E-state index contributed by atoms with van der Waals surface area (Å²) in [6.45, 7) is 0. The van der Waals surface area contributed by atoms with Crippen molar-refractivity contribution < 1.29 is 19.0 Å². The fourth-order valence-electron chi connectivity index (χ4n) is 1.66. The lowest BCUT2D eigenvalue weighted by molar-refractivity contribution is 0.102. The number of carbonyl (C=O) groups excluding carboxylic acids is 1. The number of phenols is 1. The average molecular weight is 296 g/mol. The number of ether oxygens (including phenoxy) is 1. The lowest BCUT2D eigenvalue weighted by atomic mass is 10.1. The normalized spacial score (nSPS) is 10.2. The average Bonchev–Trinajstić information content (AvgIpc) is 2.38. The summed E-state index contributed by atoms with van der Waals surface area (Å²) in [7, 11) is 1.45. The number of rotatable bonds is 3. The van der Waals surface area contributed by atoms with Crippen LogP contribution in [-0.4, -0.2) is 18.1 Å². The lowest BCUT2D eigenvalue weighted by Crippen LogP contribution is -2.13. The molecule has 0 atom stereocenters. The van der Waals surface area contributed by atoms with Crippen LogP contribution in [0.4, 0.5) is 10.1 Å². The highest BCUT2D eigenvalue weighted by molar-refractivity contribution is 6.31. The number of benzene rings is 2. The lowest BCUT2D eigenvalue weighted by Gasteiger charge is -2.11. The molecule has 2 aromatic carbocycles. The molecule has 0 heterocycles. The third-order valence-electron chi connectivity index (χ3n) is 2.61. The summed E-state index contributed by atoms with van der Waals surface area (Å²) in [4.78, 5) is 12.0. The Morgan fingerprint density at radius 3 is 2.70 bits per heavy atom. The van der Waals surface area contributed by atoms with Gasteiger partial charge in [0.15, 0.2) is 0 Å². The predicted octanol–water partition coefficient (Wildman–Crippen LogP) is 3.45. The van der Waals surface area contributed by atoms with E-state index in [2.05, 4.69) is 5.32 Å². The fourth-order valence-corrected chi connectivity index (χ4v) is 1.84. The molecule has 0 aliphatic rings. The van der Waals surface area contributed by atoms with Crippen LogP contribution in [0.1, 0.15) is 10.4 Å². The van der Waals surface area contributed by atoms with Crippen molar-refractivity contribution in [2.75, 3.05) is 12.4 Å². The van der Waals surface area contributed by atoms with Crippen molar-refractivity contribution in [3.05, 3.63) is 52.8 Å². The maximum absolute atomic E-state index is 12.9. The molecule has 0 aromatic heterocycles. The van der Waals surface area contributed by atoms with Gasteiger partial charge in [0.25, 0.3) is 5.91 Å². The van der Waals surface area contributed by atoms with E-state index in [-0.39, 0.29) is 5.56 Å². The number of phenolic OH excluding ortho intramolecular Hbond substituents is 1. The van der Waals surface area contributed by atoms with E-state index < -0.39 is 17.5 Å². The largest absolute Gasteiger partial charge is 0.507 e. The number of carbonyl (C=O) groups is 1. The number of methoxy groups -OCH3 is 1. The minimum atomic E-state index is -0.626. The summed E-state index contributed by atoms with van der Waals surface area (Å²) < 4.78 is 18.0. The molecule has 0 radical (unpaired) electrons. The zero-order valence-corrected chi connectivity index (χ0v) is 11.2. The Balaban J connectivity index is 2.30. The van der Waals surface area contributed by atoms with Gasteiger partial charge in [-0.05, 0) is 30.3 Å². The van der Waals surface area contributed by atoms with E-state index >= 15 is 0 Å². The van der Waals surface area contributed by atoms with Crippen molar-refractivity contribution in [3.8, 4) is 11.5 Å². The molecular formula is C14H11ClFNO3. The summed E-state index contributed by atoms with van der Waals surface area (Å²) in [5, 5.41) is 12.5. The number of amides is 1. The Morgan fingerprint density at radius 2 is 2.05 bits per heavy atom. The molecule has 0 unspecified atom stereocenters. The van der Waals surface area contributed by atoms with E-state index in [1.807, 2.05) is 0 Å². The minimum absolute atomic E-state index is 0.0478. The summed E-state index contributed by atoms with van der Waals surface area (Å²) in [5.41, 5.74) is 0.308. The third-order valence-corrected chi connectivity index (χ3v) is 2.85. The van der Waals surface area contributed by atoms with Crippen molar-refractivity contribution in [2.45, 2.75) is 0 Å². The van der Waals surface area contributed by atoms with Gasteiger partial charge in [-0.15, -0.1) is 0 Å². The van der Waals surface area contributed by atoms with Gasteiger partial charge < -0.3 is 15.2 Å². The second kappa shape index (κ2) is 5.79. The molecule has 20 heavy (non-hydrogen) atoms. The van der Waals surface area contributed by atoms with Crippen molar-refractivity contribution in [1.82, 2.24) is 0 Å². The Bertz CT molecular complexity index is 661. The highest BCUT2D eigenvalue weighted by Gasteiger charge is 2.14. The molecule has 6 heteroatoms. The Labute approximate surface area is 119 Å². The van der Waals surface area contributed by atoms with Gasteiger partial charge in [-0.3, -0.25) is 4.79 Å². The van der Waals surface area contributed by atoms with E-state index in [1.165, 1.54) is 19.2 Å².